The Balaban J connectivity index is 3.24. The van der Waals surface area contributed by atoms with Gasteiger partial charge in [-0.3, -0.25) is 9.59 Å². The molecule has 132 valence electrons. The highest BCUT2D eigenvalue weighted by Gasteiger charge is 2.20. The second-order valence-corrected chi connectivity index (χ2v) is 10.9. The van der Waals surface area contributed by atoms with E-state index in [1.165, 1.54) is 6.07 Å². The van der Waals surface area contributed by atoms with Crippen LogP contribution >= 0.6 is 0 Å². The molecule has 0 radical (unpaired) electrons. The van der Waals surface area contributed by atoms with Gasteiger partial charge in [-0.2, -0.15) is 5.26 Å². The predicted molar refractivity (Wildman–Crippen MR) is 93.3 cm³/mol. The molecule has 0 unspecified atom stereocenters. The van der Waals surface area contributed by atoms with E-state index in [9.17, 15) is 14.0 Å². The number of nitriles is 1. The van der Waals surface area contributed by atoms with Crippen LogP contribution in [0.2, 0.25) is 19.6 Å². The number of Topliss-reactive ketones (excluding diaryl/α,β-unsaturated/α-hetero) is 1. The fourth-order valence-electron chi connectivity index (χ4n) is 1.79. The SMILES string of the molecule is CCOC(=O)CC(=O)c1cc(OCC#N)c(C#C[Si](C)(C)C)cc1F. The van der Waals surface area contributed by atoms with E-state index in [0.717, 1.165) is 6.07 Å². The quantitative estimate of drug-likeness (QED) is 0.256. The van der Waals surface area contributed by atoms with Crippen LogP contribution in [0.25, 0.3) is 0 Å². The highest BCUT2D eigenvalue weighted by Crippen LogP contribution is 2.24. The third-order valence-electron chi connectivity index (χ3n) is 2.84. The number of hydrogen-bond acceptors (Lipinski definition) is 5. The van der Waals surface area contributed by atoms with Crippen LogP contribution in [0, 0.1) is 28.6 Å². The summed E-state index contributed by atoms with van der Waals surface area (Å²) in [5, 5.41) is 8.68. The molecule has 25 heavy (non-hydrogen) atoms. The Morgan fingerprint density at radius 3 is 2.52 bits per heavy atom. The minimum absolute atomic E-state index is 0.135. The molecule has 0 spiro atoms. The van der Waals surface area contributed by atoms with E-state index in [4.69, 9.17) is 14.7 Å². The average molecular weight is 361 g/mol. The topological polar surface area (TPSA) is 76.4 Å². The summed E-state index contributed by atoms with van der Waals surface area (Å²) < 4.78 is 24.3. The Hall–Kier alpha value is -2.64. The Labute approximate surface area is 147 Å². The second kappa shape index (κ2) is 9.00. The Bertz CT molecular complexity index is 766. The van der Waals surface area contributed by atoms with Gasteiger partial charge in [-0.25, -0.2) is 4.39 Å². The van der Waals surface area contributed by atoms with Gasteiger partial charge in [0.1, 0.15) is 32.1 Å². The summed E-state index contributed by atoms with van der Waals surface area (Å²) >= 11 is 0. The molecule has 1 aromatic carbocycles. The molecule has 0 saturated heterocycles. The predicted octanol–water partition coefficient (Wildman–Crippen LogP) is 3.09. The second-order valence-electron chi connectivity index (χ2n) is 6.18. The number of esters is 1. The van der Waals surface area contributed by atoms with Crippen LogP contribution in [-0.2, 0) is 9.53 Å². The molecule has 0 N–H and O–H groups in total. The molecule has 1 rings (SSSR count). The molecule has 0 saturated carbocycles. The molecule has 0 fully saturated rings. The van der Waals surface area contributed by atoms with E-state index in [-0.39, 0.29) is 30.1 Å². The number of ketones is 1. The zero-order chi connectivity index (χ0) is 19.0. The Morgan fingerprint density at radius 2 is 1.96 bits per heavy atom. The van der Waals surface area contributed by atoms with Crippen LogP contribution in [0.1, 0.15) is 29.3 Å². The van der Waals surface area contributed by atoms with Crippen LogP contribution < -0.4 is 4.74 Å². The first-order chi connectivity index (χ1) is 11.7. The van der Waals surface area contributed by atoms with E-state index >= 15 is 0 Å². The lowest BCUT2D eigenvalue weighted by atomic mass is 10.0. The van der Waals surface area contributed by atoms with Crippen molar-refractivity contribution < 1.29 is 23.5 Å². The fourth-order valence-corrected chi connectivity index (χ4v) is 2.30. The van der Waals surface area contributed by atoms with Crippen molar-refractivity contribution in [3.63, 3.8) is 0 Å². The number of hydrogen-bond donors (Lipinski definition) is 0. The molecule has 7 heteroatoms. The van der Waals surface area contributed by atoms with Crippen molar-refractivity contribution in [1.82, 2.24) is 0 Å². The number of rotatable bonds is 6. The smallest absolute Gasteiger partial charge is 0.313 e. The number of carbonyl (C=O) groups excluding carboxylic acids is 2. The summed E-state index contributed by atoms with van der Waals surface area (Å²) in [6.07, 6.45) is -0.567. The molecule has 0 heterocycles. The molecular weight excluding hydrogens is 341 g/mol. The summed E-state index contributed by atoms with van der Waals surface area (Å²) in [5.41, 5.74) is 3.05. The fraction of sp³-hybridized carbons (Fsp3) is 0.389. The van der Waals surface area contributed by atoms with Crippen molar-refractivity contribution in [2.45, 2.75) is 33.0 Å². The first-order valence-electron chi connectivity index (χ1n) is 7.73. The monoisotopic (exact) mass is 361 g/mol. The maximum Gasteiger partial charge on any atom is 0.313 e. The molecule has 5 nitrogen and oxygen atoms in total. The van der Waals surface area contributed by atoms with E-state index in [1.807, 2.05) is 25.7 Å². The van der Waals surface area contributed by atoms with Crippen molar-refractivity contribution in [2.75, 3.05) is 13.2 Å². The number of nitrogens with zero attached hydrogens (tertiary/aromatic N) is 1. The summed E-state index contributed by atoms with van der Waals surface area (Å²) in [6.45, 7) is 7.58. The molecule has 0 aliphatic heterocycles. The molecule has 0 aromatic heterocycles. The average Bonchev–Trinajstić information content (AvgIpc) is 2.51. The van der Waals surface area contributed by atoms with E-state index < -0.39 is 32.1 Å². The molecule has 0 bridgehead atoms. The number of halogens is 1. The summed E-state index contributed by atoms with van der Waals surface area (Å²) in [5.74, 6) is 0.763. The minimum Gasteiger partial charge on any atom is -0.477 e. The van der Waals surface area contributed by atoms with Crippen molar-refractivity contribution in [3.05, 3.63) is 29.1 Å². The van der Waals surface area contributed by atoms with Gasteiger partial charge in [0, 0.05) is 0 Å². The van der Waals surface area contributed by atoms with Crippen molar-refractivity contribution in [1.29, 1.82) is 5.26 Å². The van der Waals surface area contributed by atoms with Gasteiger partial charge in [0.2, 0.25) is 0 Å². The Morgan fingerprint density at radius 1 is 1.28 bits per heavy atom. The van der Waals surface area contributed by atoms with Gasteiger partial charge < -0.3 is 9.47 Å². The molecule has 1 aromatic rings. The zero-order valence-electron chi connectivity index (χ0n) is 14.7. The van der Waals surface area contributed by atoms with Crippen LogP contribution in [0.3, 0.4) is 0 Å². The zero-order valence-corrected chi connectivity index (χ0v) is 15.7. The summed E-state index contributed by atoms with van der Waals surface area (Å²) in [4.78, 5) is 23.5. The molecule has 0 aliphatic carbocycles. The lowest BCUT2D eigenvalue weighted by Gasteiger charge is -2.10. The van der Waals surface area contributed by atoms with Gasteiger partial charge in [-0.1, -0.05) is 25.6 Å². The number of benzene rings is 1. The molecular formula is C18H20FNO4Si. The van der Waals surface area contributed by atoms with Gasteiger partial charge in [-0.05, 0) is 19.1 Å². The molecule has 0 atom stereocenters. The summed E-state index contributed by atoms with van der Waals surface area (Å²) in [7, 11) is -1.71. The van der Waals surface area contributed by atoms with Gasteiger partial charge in [0.05, 0.1) is 17.7 Å². The normalized spacial score (nSPS) is 10.2. The maximum atomic E-state index is 14.3. The molecule has 0 amide bonds. The van der Waals surface area contributed by atoms with Gasteiger partial charge >= 0.3 is 5.97 Å². The van der Waals surface area contributed by atoms with E-state index in [2.05, 4.69) is 11.5 Å². The largest absolute Gasteiger partial charge is 0.477 e. The number of carbonyl (C=O) groups is 2. The minimum atomic E-state index is -1.71. The first-order valence-corrected chi connectivity index (χ1v) is 11.2. The van der Waals surface area contributed by atoms with Crippen LogP contribution in [0.5, 0.6) is 5.75 Å². The highest BCUT2D eigenvalue weighted by molar-refractivity contribution is 6.83. The van der Waals surface area contributed by atoms with Crippen LogP contribution in [0.15, 0.2) is 12.1 Å². The standard InChI is InChI=1S/C18H20FNO4Si/c1-5-23-18(22)12-16(21)14-11-17(24-8-7-20)13(10-15(14)19)6-9-25(2,3)4/h10-11H,5,8,12H2,1-4H3. The van der Waals surface area contributed by atoms with E-state index in [0.29, 0.717) is 0 Å². The van der Waals surface area contributed by atoms with Gasteiger partial charge in [0.25, 0.3) is 0 Å². The third-order valence-corrected chi connectivity index (χ3v) is 3.72. The first kappa shape index (κ1) is 20.4. The number of ether oxygens (including phenoxy) is 2. The molecule has 0 aliphatic rings. The van der Waals surface area contributed by atoms with Crippen LogP contribution in [-0.4, -0.2) is 33.0 Å². The van der Waals surface area contributed by atoms with E-state index in [1.54, 1.807) is 6.92 Å². The van der Waals surface area contributed by atoms with Gasteiger partial charge in [-0.15, -0.1) is 5.54 Å². The lowest BCUT2D eigenvalue weighted by Crippen LogP contribution is -2.16. The third kappa shape index (κ3) is 6.78. The lowest BCUT2D eigenvalue weighted by molar-refractivity contribution is -0.141. The maximum absolute atomic E-state index is 14.3. The van der Waals surface area contributed by atoms with Crippen molar-refractivity contribution in [2.24, 2.45) is 0 Å². The van der Waals surface area contributed by atoms with Crippen LogP contribution in [0.4, 0.5) is 4.39 Å². The van der Waals surface area contributed by atoms with Crippen molar-refractivity contribution >= 4 is 19.8 Å². The van der Waals surface area contributed by atoms with Gasteiger partial charge in [0.15, 0.2) is 12.4 Å². The summed E-state index contributed by atoms with van der Waals surface area (Å²) in [6, 6.07) is 4.09. The van der Waals surface area contributed by atoms with Crippen molar-refractivity contribution in [3.8, 4) is 23.3 Å². The Kier molecular flexibility index (Phi) is 7.35. The highest BCUT2D eigenvalue weighted by atomic mass is 28.3.